The number of hydrogen-bond donors (Lipinski definition) is 0. The lowest BCUT2D eigenvalue weighted by molar-refractivity contribution is 0.0203. The quantitative estimate of drug-likeness (QED) is 0.835. The van der Waals surface area contributed by atoms with Gasteiger partial charge in [0.2, 0.25) is 0 Å². The number of aromatic nitrogens is 2. The van der Waals surface area contributed by atoms with Gasteiger partial charge in [0.05, 0.1) is 5.56 Å². The van der Waals surface area contributed by atoms with Crippen molar-refractivity contribution in [3.8, 4) is 0 Å². The third-order valence-corrected chi connectivity index (χ3v) is 4.33. The summed E-state index contributed by atoms with van der Waals surface area (Å²) in [6, 6.07) is 0.565. The maximum Gasteiger partial charge on any atom is 0.257 e. The molecule has 20 heavy (non-hydrogen) atoms. The largest absolute Gasteiger partial charge is 0.335 e. The molecule has 3 heterocycles. The van der Waals surface area contributed by atoms with Crippen LogP contribution in [0.15, 0.2) is 12.4 Å². The average molecular weight is 274 g/mol. The minimum absolute atomic E-state index is 0.0703. The van der Waals surface area contributed by atoms with Crippen molar-refractivity contribution in [3.05, 3.63) is 23.8 Å². The number of likely N-dealkylation sites (tertiary alicyclic amines) is 2. The molecule has 2 fully saturated rings. The zero-order chi connectivity index (χ0) is 13.9. The summed E-state index contributed by atoms with van der Waals surface area (Å²) in [6.45, 7) is 6.11. The van der Waals surface area contributed by atoms with Crippen LogP contribution in [0.4, 0.5) is 0 Å². The molecule has 2 saturated heterocycles. The van der Waals surface area contributed by atoms with E-state index in [1.807, 2.05) is 11.8 Å². The van der Waals surface area contributed by atoms with Gasteiger partial charge in [-0.25, -0.2) is 9.97 Å². The van der Waals surface area contributed by atoms with Crippen molar-refractivity contribution in [1.29, 1.82) is 0 Å². The van der Waals surface area contributed by atoms with Crippen LogP contribution in [0.3, 0.4) is 0 Å². The van der Waals surface area contributed by atoms with Crippen LogP contribution >= 0.6 is 0 Å². The SMILES string of the molecule is CCc1ncc(C(=O)N2CC(N3CCCCC3)C2)cn1. The molecule has 1 aromatic heterocycles. The summed E-state index contributed by atoms with van der Waals surface area (Å²) in [7, 11) is 0. The van der Waals surface area contributed by atoms with Crippen molar-refractivity contribution in [3.63, 3.8) is 0 Å². The molecular formula is C15H22N4O. The molecule has 0 aliphatic carbocycles. The number of piperidine rings is 1. The first-order chi connectivity index (χ1) is 9.78. The van der Waals surface area contributed by atoms with E-state index < -0.39 is 0 Å². The first-order valence-electron chi connectivity index (χ1n) is 7.62. The minimum Gasteiger partial charge on any atom is -0.335 e. The Kier molecular flexibility index (Phi) is 3.96. The van der Waals surface area contributed by atoms with Crippen molar-refractivity contribution in [1.82, 2.24) is 19.8 Å². The van der Waals surface area contributed by atoms with Crippen LogP contribution in [0.2, 0.25) is 0 Å². The first-order valence-corrected chi connectivity index (χ1v) is 7.62. The van der Waals surface area contributed by atoms with Crippen molar-refractivity contribution in [2.75, 3.05) is 26.2 Å². The minimum atomic E-state index is 0.0703. The fourth-order valence-corrected chi connectivity index (χ4v) is 2.97. The molecular weight excluding hydrogens is 252 g/mol. The van der Waals surface area contributed by atoms with E-state index in [1.54, 1.807) is 12.4 Å². The number of hydrogen-bond acceptors (Lipinski definition) is 4. The van der Waals surface area contributed by atoms with Gasteiger partial charge < -0.3 is 4.90 Å². The Bertz CT molecular complexity index is 461. The van der Waals surface area contributed by atoms with Crippen molar-refractivity contribution in [2.24, 2.45) is 0 Å². The Hall–Kier alpha value is -1.49. The molecule has 0 saturated carbocycles. The van der Waals surface area contributed by atoms with Crippen molar-refractivity contribution < 1.29 is 4.79 Å². The third-order valence-electron chi connectivity index (χ3n) is 4.33. The van der Waals surface area contributed by atoms with Gasteiger partial charge in [-0.15, -0.1) is 0 Å². The molecule has 2 aliphatic heterocycles. The van der Waals surface area contributed by atoms with E-state index in [4.69, 9.17) is 0 Å². The number of amides is 1. The van der Waals surface area contributed by atoms with E-state index >= 15 is 0 Å². The maximum atomic E-state index is 12.3. The number of rotatable bonds is 3. The summed E-state index contributed by atoms with van der Waals surface area (Å²) in [5.74, 6) is 0.859. The standard InChI is InChI=1S/C15H22N4O/c1-2-14-16-8-12(9-17-14)15(20)19-10-13(11-19)18-6-4-3-5-7-18/h8-9,13H,2-7,10-11H2,1H3. The van der Waals surface area contributed by atoms with Crippen LogP contribution in [0.5, 0.6) is 0 Å². The van der Waals surface area contributed by atoms with E-state index in [0.717, 1.165) is 25.3 Å². The van der Waals surface area contributed by atoms with Crippen molar-refractivity contribution >= 4 is 5.91 Å². The number of carbonyl (C=O) groups excluding carboxylic acids is 1. The molecule has 0 N–H and O–H groups in total. The lowest BCUT2D eigenvalue weighted by atomic mass is 10.0. The van der Waals surface area contributed by atoms with Gasteiger partial charge in [0, 0.05) is 37.9 Å². The molecule has 0 spiro atoms. The highest BCUT2D eigenvalue weighted by Gasteiger charge is 2.35. The summed E-state index contributed by atoms with van der Waals surface area (Å²) in [4.78, 5) is 25.1. The van der Waals surface area contributed by atoms with Gasteiger partial charge in [-0.05, 0) is 25.9 Å². The van der Waals surface area contributed by atoms with E-state index in [9.17, 15) is 4.79 Å². The predicted octanol–water partition coefficient (Wildman–Crippen LogP) is 1.35. The van der Waals surface area contributed by atoms with Gasteiger partial charge in [-0.2, -0.15) is 0 Å². The highest BCUT2D eigenvalue weighted by molar-refractivity contribution is 5.94. The Morgan fingerprint density at radius 2 is 1.85 bits per heavy atom. The van der Waals surface area contributed by atoms with Crippen LogP contribution in [-0.4, -0.2) is 57.9 Å². The Balaban J connectivity index is 1.54. The molecule has 0 unspecified atom stereocenters. The molecule has 108 valence electrons. The lowest BCUT2D eigenvalue weighted by Crippen LogP contribution is -2.61. The van der Waals surface area contributed by atoms with E-state index in [0.29, 0.717) is 11.6 Å². The average Bonchev–Trinajstić information content (AvgIpc) is 2.47. The van der Waals surface area contributed by atoms with Crippen LogP contribution in [0.1, 0.15) is 42.4 Å². The highest BCUT2D eigenvalue weighted by atomic mass is 16.2. The lowest BCUT2D eigenvalue weighted by Gasteiger charge is -2.46. The molecule has 1 amide bonds. The topological polar surface area (TPSA) is 49.3 Å². The van der Waals surface area contributed by atoms with Crippen LogP contribution in [0.25, 0.3) is 0 Å². The second-order valence-corrected chi connectivity index (χ2v) is 5.70. The molecule has 2 aliphatic rings. The zero-order valence-electron chi connectivity index (χ0n) is 12.1. The molecule has 3 rings (SSSR count). The zero-order valence-corrected chi connectivity index (χ0v) is 12.1. The molecule has 0 bridgehead atoms. The molecule has 1 aromatic rings. The molecule has 5 nitrogen and oxygen atoms in total. The van der Waals surface area contributed by atoms with Gasteiger partial charge in [0.25, 0.3) is 5.91 Å². The van der Waals surface area contributed by atoms with Crippen LogP contribution in [0, 0.1) is 0 Å². The number of aryl methyl sites for hydroxylation is 1. The monoisotopic (exact) mass is 274 g/mol. The fraction of sp³-hybridized carbons (Fsp3) is 0.667. The highest BCUT2D eigenvalue weighted by Crippen LogP contribution is 2.21. The third kappa shape index (κ3) is 2.68. The summed E-state index contributed by atoms with van der Waals surface area (Å²) >= 11 is 0. The summed E-state index contributed by atoms with van der Waals surface area (Å²) in [5.41, 5.74) is 0.610. The van der Waals surface area contributed by atoms with Crippen LogP contribution < -0.4 is 0 Å². The van der Waals surface area contributed by atoms with Gasteiger partial charge in [0.1, 0.15) is 5.82 Å². The van der Waals surface area contributed by atoms with E-state index in [-0.39, 0.29) is 5.91 Å². The molecule has 0 radical (unpaired) electrons. The Morgan fingerprint density at radius 3 is 2.45 bits per heavy atom. The van der Waals surface area contributed by atoms with E-state index in [1.165, 1.54) is 32.4 Å². The number of nitrogens with zero attached hydrogens (tertiary/aromatic N) is 4. The fourth-order valence-electron chi connectivity index (χ4n) is 2.97. The summed E-state index contributed by atoms with van der Waals surface area (Å²) in [5, 5.41) is 0. The van der Waals surface area contributed by atoms with Gasteiger partial charge >= 0.3 is 0 Å². The van der Waals surface area contributed by atoms with Crippen LogP contribution in [-0.2, 0) is 6.42 Å². The predicted molar refractivity (Wildman–Crippen MR) is 76.5 cm³/mol. The van der Waals surface area contributed by atoms with E-state index in [2.05, 4.69) is 14.9 Å². The van der Waals surface area contributed by atoms with Gasteiger partial charge in [-0.1, -0.05) is 13.3 Å². The van der Waals surface area contributed by atoms with Crippen molar-refractivity contribution in [2.45, 2.75) is 38.6 Å². The Morgan fingerprint density at radius 1 is 1.20 bits per heavy atom. The Labute approximate surface area is 120 Å². The van der Waals surface area contributed by atoms with Gasteiger partial charge in [0.15, 0.2) is 0 Å². The number of carbonyl (C=O) groups is 1. The second-order valence-electron chi connectivity index (χ2n) is 5.70. The maximum absolute atomic E-state index is 12.3. The second kappa shape index (κ2) is 5.87. The summed E-state index contributed by atoms with van der Waals surface area (Å²) in [6.07, 6.45) is 8.07. The molecule has 0 aromatic carbocycles. The van der Waals surface area contributed by atoms with Gasteiger partial charge in [-0.3, -0.25) is 9.69 Å². The molecule has 0 atom stereocenters. The molecule has 5 heteroatoms. The normalized spacial score (nSPS) is 20.8. The smallest absolute Gasteiger partial charge is 0.257 e. The first kappa shape index (κ1) is 13.5. The summed E-state index contributed by atoms with van der Waals surface area (Å²) < 4.78 is 0.